The maximum Gasteiger partial charge on any atom is 0.243 e. The van der Waals surface area contributed by atoms with Crippen molar-refractivity contribution in [1.82, 2.24) is 4.72 Å². The fraction of sp³-hybridized carbons (Fsp3) is 0.538. The summed E-state index contributed by atoms with van der Waals surface area (Å²) in [6.45, 7) is 0.745. The minimum atomic E-state index is -4.06. The van der Waals surface area contributed by atoms with E-state index in [4.69, 9.17) is 10.5 Å². The van der Waals surface area contributed by atoms with Crippen LogP contribution in [0.3, 0.4) is 0 Å². The summed E-state index contributed by atoms with van der Waals surface area (Å²) in [6, 6.07) is 1.71. The summed E-state index contributed by atoms with van der Waals surface area (Å²) >= 11 is 0. The number of hydrogen-bond acceptors (Lipinski definition) is 4. The number of hydrogen-bond donors (Lipinski definition) is 2. The van der Waals surface area contributed by atoms with Gasteiger partial charge in [-0.15, -0.1) is 0 Å². The summed E-state index contributed by atoms with van der Waals surface area (Å²) in [5.41, 5.74) is 4.27. The van der Waals surface area contributed by atoms with Crippen LogP contribution in [0.2, 0.25) is 0 Å². The molecule has 2 rings (SSSR count). The van der Waals surface area contributed by atoms with Gasteiger partial charge in [-0.25, -0.2) is 21.9 Å². The molecular formula is C13H18F2N2O3S. The van der Waals surface area contributed by atoms with Crippen molar-refractivity contribution in [3.05, 3.63) is 23.8 Å². The van der Waals surface area contributed by atoms with Crippen LogP contribution < -0.4 is 10.5 Å². The van der Waals surface area contributed by atoms with Gasteiger partial charge in [0.05, 0.1) is 0 Å². The molecule has 0 aromatic heterocycles. The van der Waals surface area contributed by atoms with Gasteiger partial charge in [-0.3, -0.25) is 0 Å². The molecule has 21 heavy (non-hydrogen) atoms. The van der Waals surface area contributed by atoms with E-state index in [9.17, 15) is 17.2 Å². The Kier molecular flexibility index (Phi) is 4.50. The first-order chi connectivity index (χ1) is 9.81. The maximum absolute atomic E-state index is 13.8. The third-order valence-corrected chi connectivity index (χ3v) is 5.23. The first-order valence-electron chi connectivity index (χ1n) is 6.53. The Morgan fingerprint density at radius 2 is 2.05 bits per heavy atom. The van der Waals surface area contributed by atoms with Crippen LogP contribution >= 0.6 is 0 Å². The normalized spacial score (nSPS) is 16.9. The van der Waals surface area contributed by atoms with E-state index >= 15 is 0 Å². The molecule has 1 saturated carbocycles. The predicted molar refractivity (Wildman–Crippen MR) is 74.1 cm³/mol. The van der Waals surface area contributed by atoms with Gasteiger partial charge in [-0.1, -0.05) is 0 Å². The number of sulfonamides is 1. The van der Waals surface area contributed by atoms with Crippen LogP contribution in [0.1, 0.15) is 19.3 Å². The van der Waals surface area contributed by atoms with Crippen LogP contribution in [0.15, 0.2) is 17.0 Å². The molecule has 0 bridgehead atoms. The van der Waals surface area contributed by atoms with Crippen molar-refractivity contribution >= 4 is 15.7 Å². The molecule has 0 unspecified atom stereocenters. The van der Waals surface area contributed by atoms with Gasteiger partial charge >= 0.3 is 0 Å². The molecule has 118 valence electrons. The van der Waals surface area contributed by atoms with E-state index in [-0.39, 0.29) is 12.0 Å². The van der Waals surface area contributed by atoms with Gasteiger partial charge in [0.1, 0.15) is 16.4 Å². The van der Waals surface area contributed by atoms with Crippen molar-refractivity contribution in [2.45, 2.75) is 24.2 Å². The van der Waals surface area contributed by atoms with Gasteiger partial charge in [0.2, 0.25) is 10.0 Å². The molecule has 0 saturated heterocycles. The van der Waals surface area contributed by atoms with E-state index in [0.717, 1.165) is 31.4 Å². The molecule has 0 heterocycles. The summed E-state index contributed by atoms with van der Waals surface area (Å²) < 4.78 is 58.4. The second-order valence-electron chi connectivity index (χ2n) is 5.34. The van der Waals surface area contributed by atoms with E-state index in [1.807, 2.05) is 0 Å². The lowest BCUT2D eigenvalue weighted by Gasteiger charge is -2.16. The van der Waals surface area contributed by atoms with Crippen molar-refractivity contribution in [3.8, 4) is 0 Å². The minimum absolute atomic E-state index is 0.120. The van der Waals surface area contributed by atoms with E-state index in [1.165, 1.54) is 0 Å². The smallest absolute Gasteiger partial charge is 0.243 e. The molecule has 3 N–H and O–H groups in total. The number of anilines is 1. The Hall–Kier alpha value is -1.25. The van der Waals surface area contributed by atoms with Crippen molar-refractivity contribution in [2.75, 3.05) is 26.0 Å². The van der Waals surface area contributed by atoms with E-state index in [0.29, 0.717) is 6.61 Å². The highest BCUT2D eigenvalue weighted by Gasteiger charge is 2.42. The molecule has 1 aliphatic carbocycles. The van der Waals surface area contributed by atoms with E-state index in [2.05, 4.69) is 4.72 Å². The summed E-state index contributed by atoms with van der Waals surface area (Å²) in [5.74, 6) is -2.24. The average molecular weight is 320 g/mol. The lowest BCUT2D eigenvalue weighted by Crippen LogP contribution is -2.31. The quantitative estimate of drug-likeness (QED) is 0.748. The fourth-order valence-electron chi connectivity index (χ4n) is 2.09. The maximum atomic E-state index is 13.8. The lowest BCUT2D eigenvalue weighted by atomic mass is 10.0. The predicted octanol–water partition coefficient (Wildman–Crippen LogP) is 1.64. The van der Waals surface area contributed by atoms with Gasteiger partial charge < -0.3 is 10.5 Å². The highest BCUT2D eigenvalue weighted by Crippen LogP contribution is 2.48. The van der Waals surface area contributed by atoms with Crippen LogP contribution in [0, 0.1) is 17.0 Å². The Morgan fingerprint density at radius 1 is 1.38 bits per heavy atom. The van der Waals surface area contributed by atoms with Gasteiger partial charge in [0.15, 0.2) is 5.82 Å². The van der Waals surface area contributed by atoms with E-state index < -0.39 is 32.2 Å². The van der Waals surface area contributed by atoms with Crippen LogP contribution in [0.25, 0.3) is 0 Å². The summed E-state index contributed by atoms with van der Waals surface area (Å²) in [4.78, 5) is -0.635. The van der Waals surface area contributed by atoms with Gasteiger partial charge in [-0.2, -0.15) is 0 Å². The monoisotopic (exact) mass is 320 g/mol. The lowest BCUT2D eigenvalue weighted by molar-refractivity contribution is 0.173. The van der Waals surface area contributed by atoms with Crippen LogP contribution in [0.5, 0.6) is 0 Å². The van der Waals surface area contributed by atoms with Crippen LogP contribution in [-0.2, 0) is 14.8 Å². The molecule has 5 nitrogen and oxygen atoms in total. The second-order valence-corrected chi connectivity index (χ2v) is 7.08. The molecule has 1 fully saturated rings. The number of nitrogens with one attached hydrogen (secondary N) is 1. The minimum Gasteiger partial charge on any atom is -0.394 e. The van der Waals surface area contributed by atoms with E-state index in [1.54, 1.807) is 7.11 Å². The number of rotatable bonds is 7. The molecule has 1 aromatic rings. The number of nitrogen functional groups attached to an aromatic ring is 1. The summed E-state index contributed by atoms with van der Waals surface area (Å²) in [7, 11) is -2.48. The molecule has 0 spiro atoms. The van der Waals surface area contributed by atoms with Crippen molar-refractivity contribution in [1.29, 1.82) is 0 Å². The van der Waals surface area contributed by atoms with Crippen molar-refractivity contribution < 1.29 is 21.9 Å². The van der Waals surface area contributed by atoms with Crippen molar-refractivity contribution in [2.24, 2.45) is 5.41 Å². The molecule has 0 radical (unpaired) electrons. The zero-order valence-electron chi connectivity index (χ0n) is 11.7. The molecule has 1 aliphatic rings. The first-order valence-corrected chi connectivity index (χ1v) is 8.02. The zero-order valence-corrected chi connectivity index (χ0v) is 12.5. The SMILES string of the molecule is COCCC1(CNS(=O)(=O)c2ccc(F)c(N)c2F)CC1. The molecular weight excluding hydrogens is 302 g/mol. The van der Waals surface area contributed by atoms with Gasteiger partial charge in [0.25, 0.3) is 0 Å². The Bertz CT molecular complexity index is 631. The number of benzene rings is 1. The Morgan fingerprint density at radius 3 is 2.62 bits per heavy atom. The molecule has 0 aliphatic heterocycles. The standard InChI is InChI=1S/C13H18F2N2O3S/c1-20-7-6-13(4-5-13)8-17-21(18,19)10-3-2-9(14)12(16)11(10)15/h2-3,17H,4-8,16H2,1H3. The van der Waals surface area contributed by atoms with Gasteiger partial charge in [-0.05, 0) is 36.8 Å². The number of methoxy groups -OCH3 is 1. The second kappa shape index (κ2) is 5.86. The van der Waals surface area contributed by atoms with Crippen LogP contribution in [-0.4, -0.2) is 28.7 Å². The average Bonchev–Trinajstić information content (AvgIpc) is 3.21. The first kappa shape index (κ1) is 16.1. The van der Waals surface area contributed by atoms with Gasteiger partial charge in [0, 0.05) is 20.3 Å². The summed E-state index contributed by atoms with van der Waals surface area (Å²) in [5, 5.41) is 0. The number of halogens is 2. The largest absolute Gasteiger partial charge is 0.394 e. The van der Waals surface area contributed by atoms with Crippen LogP contribution in [0.4, 0.5) is 14.5 Å². The molecule has 8 heteroatoms. The fourth-order valence-corrected chi connectivity index (χ4v) is 3.34. The third-order valence-electron chi connectivity index (χ3n) is 3.81. The highest BCUT2D eigenvalue weighted by atomic mass is 32.2. The third kappa shape index (κ3) is 3.50. The number of ether oxygens (including phenoxy) is 1. The highest BCUT2D eigenvalue weighted by molar-refractivity contribution is 7.89. The molecule has 1 aromatic carbocycles. The topological polar surface area (TPSA) is 81.4 Å². The molecule has 0 atom stereocenters. The molecule has 0 amide bonds. The number of nitrogens with two attached hydrogens (primary N) is 1. The Labute approximate surface area is 122 Å². The van der Waals surface area contributed by atoms with Crippen molar-refractivity contribution in [3.63, 3.8) is 0 Å². The zero-order chi connectivity index (χ0) is 15.7. The summed E-state index contributed by atoms with van der Waals surface area (Å²) in [6.07, 6.45) is 2.53. The Balaban J connectivity index is 2.11.